The molecule has 6 nitrogen and oxygen atoms in total. The predicted molar refractivity (Wildman–Crippen MR) is 106 cm³/mol. The summed E-state index contributed by atoms with van der Waals surface area (Å²) in [5.74, 6) is 1.77. The molecule has 2 aliphatic rings. The predicted octanol–water partition coefficient (Wildman–Crippen LogP) is 2.37. The molecule has 1 aromatic carbocycles. The Morgan fingerprint density at radius 2 is 2.15 bits per heavy atom. The summed E-state index contributed by atoms with van der Waals surface area (Å²) in [7, 11) is 0. The van der Waals surface area contributed by atoms with E-state index in [1.54, 1.807) is 0 Å². The summed E-state index contributed by atoms with van der Waals surface area (Å²) in [5.41, 5.74) is 3.24. The first kappa shape index (κ1) is 18.4. The van der Waals surface area contributed by atoms with Crippen LogP contribution in [0.15, 0.2) is 18.2 Å². The highest BCUT2D eigenvalue weighted by Crippen LogP contribution is 2.20. The number of hydrogen-bond donors (Lipinski definition) is 1. The van der Waals surface area contributed by atoms with Gasteiger partial charge in [0.2, 0.25) is 5.91 Å². The van der Waals surface area contributed by atoms with Crippen molar-refractivity contribution in [3.63, 3.8) is 0 Å². The molecule has 27 heavy (non-hydrogen) atoms. The Kier molecular flexibility index (Phi) is 5.74. The van der Waals surface area contributed by atoms with Crippen LogP contribution >= 0.6 is 0 Å². The zero-order valence-corrected chi connectivity index (χ0v) is 16.2. The van der Waals surface area contributed by atoms with E-state index in [1.807, 2.05) is 12.1 Å². The summed E-state index contributed by atoms with van der Waals surface area (Å²) in [6, 6.07) is 6.15. The number of morpholine rings is 1. The summed E-state index contributed by atoms with van der Waals surface area (Å²) >= 11 is 0. The van der Waals surface area contributed by atoms with Gasteiger partial charge in [0.1, 0.15) is 5.82 Å². The van der Waals surface area contributed by atoms with E-state index in [4.69, 9.17) is 4.74 Å². The molecule has 1 aromatic heterocycles. The van der Waals surface area contributed by atoms with Gasteiger partial charge in [-0.3, -0.25) is 9.69 Å². The van der Waals surface area contributed by atoms with Crippen molar-refractivity contribution in [2.45, 2.75) is 32.6 Å². The van der Waals surface area contributed by atoms with Crippen LogP contribution in [0.4, 0.5) is 0 Å². The van der Waals surface area contributed by atoms with Crippen LogP contribution < -0.4 is 0 Å². The maximum atomic E-state index is 12.7. The number of rotatable bonds is 5. The lowest BCUT2D eigenvalue weighted by atomic mass is 9.97. The van der Waals surface area contributed by atoms with Crippen LogP contribution in [0.2, 0.25) is 0 Å². The lowest BCUT2D eigenvalue weighted by Gasteiger charge is -2.36. The molecule has 0 bridgehead atoms. The zero-order chi connectivity index (χ0) is 18.6. The van der Waals surface area contributed by atoms with E-state index in [0.29, 0.717) is 18.8 Å². The first-order valence-corrected chi connectivity index (χ1v) is 10.2. The van der Waals surface area contributed by atoms with Gasteiger partial charge in [0, 0.05) is 45.6 Å². The third kappa shape index (κ3) is 4.50. The largest absolute Gasteiger partial charge is 0.379 e. The number of likely N-dealkylation sites (tertiary alicyclic amines) is 1. The lowest BCUT2D eigenvalue weighted by Crippen LogP contribution is -2.46. The Morgan fingerprint density at radius 3 is 2.96 bits per heavy atom. The third-order valence-corrected chi connectivity index (χ3v) is 5.83. The summed E-state index contributed by atoms with van der Waals surface area (Å²) in [6.45, 7) is 8.69. The van der Waals surface area contributed by atoms with Gasteiger partial charge in [-0.15, -0.1) is 0 Å². The summed E-state index contributed by atoms with van der Waals surface area (Å²) in [6.07, 6.45) is 3.55. The molecule has 6 heteroatoms. The molecule has 0 saturated carbocycles. The number of benzene rings is 1. The number of carbonyl (C=O) groups excluding carboxylic acids is 1. The standard InChI is InChI=1S/C21H30N4O2/c1-16-4-2-6-18-21(16)23-19(22-18)7-8-20(26)25-9-3-5-17(15-25)14-24-10-12-27-13-11-24/h2,4,6,17H,3,5,7-15H2,1H3,(H,22,23)/t17-/m1/s1. The van der Waals surface area contributed by atoms with Crippen LogP contribution in [0.25, 0.3) is 11.0 Å². The minimum atomic E-state index is 0.263. The SMILES string of the molecule is Cc1cccc2[nH]c(CCC(=O)N3CCC[C@H](CN4CCOCC4)C3)nc12. The first-order valence-electron chi connectivity index (χ1n) is 10.2. The molecular formula is C21H30N4O2. The number of aryl methyl sites for hydroxylation is 2. The molecule has 0 radical (unpaired) electrons. The second-order valence-electron chi connectivity index (χ2n) is 7.92. The number of nitrogens with one attached hydrogen (secondary N) is 1. The van der Waals surface area contributed by atoms with Crippen molar-refractivity contribution in [1.29, 1.82) is 0 Å². The number of piperidine rings is 1. The molecular weight excluding hydrogens is 340 g/mol. The van der Waals surface area contributed by atoms with Crippen LogP contribution in [-0.4, -0.2) is 71.6 Å². The van der Waals surface area contributed by atoms with Crippen LogP contribution in [0.3, 0.4) is 0 Å². The summed E-state index contributed by atoms with van der Waals surface area (Å²) in [5, 5.41) is 0. The molecule has 2 saturated heterocycles. The van der Waals surface area contributed by atoms with Gasteiger partial charge in [-0.25, -0.2) is 4.98 Å². The van der Waals surface area contributed by atoms with Crippen molar-refractivity contribution in [1.82, 2.24) is 19.8 Å². The summed E-state index contributed by atoms with van der Waals surface area (Å²) in [4.78, 5) is 25.3. The Balaban J connectivity index is 1.29. The molecule has 146 valence electrons. The van der Waals surface area contributed by atoms with E-state index >= 15 is 0 Å². The number of para-hydroxylation sites is 1. The maximum absolute atomic E-state index is 12.7. The number of H-pyrrole nitrogens is 1. The van der Waals surface area contributed by atoms with E-state index in [0.717, 1.165) is 69.2 Å². The number of amides is 1. The number of nitrogens with zero attached hydrogens (tertiary/aromatic N) is 3. The molecule has 1 N–H and O–H groups in total. The fourth-order valence-electron chi connectivity index (χ4n) is 4.32. The topological polar surface area (TPSA) is 61.5 Å². The lowest BCUT2D eigenvalue weighted by molar-refractivity contribution is -0.133. The van der Waals surface area contributed by atoms with Gasteiger partial charge in [0.15, 0.2) is 0 Å². The van der Waals surface area contributed by atoms with Gasteiger partial charge in [0.05, 0.1) is 24.2 Å². The van der Waals surface area contributed by atoms with Gasteiger partial charge in [-0.1, -0.05) is 12.1 Å². The molecule has 1 amide bonds. The normalized spacial score (nSPS) is 21.7. The molecule has 4 rings (SSSR count). The molecule has 0 aliphatic carbocycles. The van der Waals surface area contributed by atoms with Crippen molar-refractivity contribution in [2.75, 3.05) is 45.9 Å². The Morgan fingerprint density at radius 1 is 1.30 bits per heavy atom. The number of imidazole rings is 1. The van der Waals surface area contributed by atoms with E-state index in [-0.39, 0.29) is 5.91 Å². The second kappa shape index (κ2) is 8.40. The van der Waals surface area contributed by atoms with E-state index in [9.17, 15) is 4.79 Å². The molecule has 2 aromatic rings. The number of hydrogen-bond acceptors (Lipinski definition) is 4. The van der Waals surface area contributed by atoms with Gasteiger partial charge in [-0.2, -0.15) is 0 Å². The molecule has 3 heterocycles. The first-order chi connectivity index (χ1) is 13.2. The highest BCUT2D eigenvalue weighted by Gasteiger charge is 2.25. The number of aromatic amines is 1. The van der Waals surface area contributed by atoms with Crippen molar-refractivity contribution < 1.29 is 9.53 Å². The number of carbonyl (C=O) groups is 1. The maximum Gasteiger partial charge on any atom is 0.223 e. The van der Waals surface area contributed by atoms with Crippen molar-refractivity contribution >= 4 is 16.9 Å². The summed E-state index contributed by atoms with van der Waals surface area (Å²) < 4.78 is 5.44. The second-order valence-corrected chi connectivity index (χ2v) is 7.92. The van der Waals surface area contributed by atoms with Crippen molar-refractivity contribution in [3.05, 3.63) is 29.6 Å². The number of ether oxygens (including phenoxy) is 1. The smallest absolute Gasteiger partial charge is 0.223 e. The Labute approximate surface area is 160 Å². The monoisotopic (exact) mass is 370 g/mol. The molecule has 0 unspecified atom stereocenters. The number of fused-ring (bicyclic) bond motifs is 1. The van der Waals surface area contributed by atoms with E-state index in [2.05, 4.69) is 32.8 Å². The zero-order valence-electron chi connectivity index (χ0n) is 16.2. The average Bonchev–Trinajstić information content (AvgIpc) is 3.12. The average molecular weight is 370 g/mol. The van der Waals surface area contributed by atoms with Gasteiger partial charge in [-0.05, 0) is 37.3 Å². The number of aromatic nitrogens is 2. The highest BCUT2D eigenvalue weighted by molar-refractivity contribution is 5.79. The third-order valence-electron chi connectivity index (χ3n) is 5.83. The van der Waals surface area contributed by atoms with Gasteiger partial charge >= 0.3 is 0 Å². The quantitative estimate of drug-likeness (QED) is 0.878. The fourth-order valence-corrected chi connectivity index (χ4v) is 4.32. The van der Waals surface area contributed by atoms with E-state index in [1.165, 1.54) is 12.0 Å². The van der Waals surface area contributed by atoms with Crippen LogP contribution in [0.1, 0.15) is 30.7 Å². The molecule has 1 atom stereocenters. The van der Waals surface area contributed by atoms with Crippen LogP contribution in [0, 0.1) is 12.8 Å². The fraction of sp³-hybridized carbons (Fsp3) is 0.619. The molecule has 0 spiro atoms. The van der Waals surface area contributed by atoms with Gasteiger partial charge < -0.3 is 14.6 Å². The molecule has 2 fully saturated rings. The van der Waals surface area contributed by atoms with Crippen molar-refractivity contribution in [3.8, 4) is 0 Å². The van der Waals surface area contributed by atoms with Crippen molar-refractivity contribution in [2.24, 2.45) is 5.92 Å². The van der Waals surface area contributed by atoms with Crippen LogP contribution in [0.5, 0.6) is 0 Å². The van der Waals surface area contributed by atoms with E-state index < -0.39 is 0 Å². The van der Waals surface area contributed by atoms with Crippen LogP contribution in [-0.2, 0) is 16.0 Å². The minimum Gasteiger partial charge on any atom is -0.379 e. The molecule has 2 aliphatic heterocycles. The highest BCUT2D eigenvalue weighted by atomic mass is 16.5. The van der Waals surface area contributed by atoms with Gasteiger partial charge in [0.25, 0.3) is 0 Å². The Hall–Kier alpha value is -1.92. The Bertz CT molecular complexity index is 782. The minimum absolute atomic E-state index is 0.263.